The third-order valence-electron chi connectivity index (χ3n) is 4.92. The molecular weight excluding hydrogens is 386 g/mol. The molecule has 0 spiro atoms. The number of amides is 3. The molecule has 7 heteroatoms. The fraction of sp³-hybridized carbons (Fsp3) is 0.227. The molecular formula is C22H21N3O3S. The molecule has 4 rings (SSSR count). The number of nitrogens with zero attached hydrogens (tertiary/aromatic N) is 1. The van der Waals surface area contributed by atoms with E-state index in [1.54, 1.807) is 29.5 Å². The van der Waals surface area contributed by atoms with Crippen LogP contribution in [0.4, 0.5) is 11.4 Å². The van der Waals surface area contributed by atoms with E-state index in [1.165, 1.54) is 20.5 Å². The molecule has 0 fully saturated rings. The topological polar surface area (TPSA) is 78.5 Å². The lowest BCUT2D eigenvalue weighted by molar-refractivity contribution is -0.125. The van der Waals surface area contributed by atoms with Crippen molar-refractivity contribution in [2.45, 2.75) is 19.3 Å². The van der Waals surface area contributed by atoms with Gasteiger partial charge in [0, 0.05) is 24.1 Å². The Kier molecular flexibility index (Phi) is 5.57. The summed E-state index contributed by atoms with van der Waals surface area (Å²) in [7, 11) is 0. The first kappa shape index (κ1) is 19.1. The summed E-state index contributed by atoms with van der Waals surface area (Å²) in [5.74, 6) is -0.622. The number of anilines is 2. The minimum Gasteiger partial charge on any atom is -0.356 e. The van der Waals surface area contributed by atoms with E-state index in [-0.39, 0.29) is 37.1 Å². The molecule has 2 N–H and O–H groups in total. The Morgan fingerprint density at radius 2 is 1.86 bits per heavy atom. The van der Waals surface area contributed by atoms with Crippen LogP contribution in [0.25, 0.3) is 10.1 Å². The van der Waals surface area contributed by atoms with Gasteiger partial charge in [-0.3, -0.25) is 14.4 Å². The summed E-state index contributed by atoms with van der Waals surface area (Å²) >= 11 is 1.70. The molecule has 0 unspecified atom stereocenters. The third kappa shape index (κ3) is 4.30. The van der Waals surface area contributed by atoms with Crippen LogP contribution in [0.2, 0.25) is 0 Å². The molecule has 0 atom stereocenters. The smallest absolute Gasteiger partial charge is 0.244 e. The maximum Gasteiger partial charge on any atom is 0.244 e. The molecule has 148 valence electrons. The zero-order valence-corrected chi connectivity index (χ0v) is 16.6. The summed E-state index contributed by atoms with van der Waals surface area (Å²) in [6, 6.07) is 15.4. The van der Waals surface area contributed by atoms with E-state index in [4.69, 9.17) is 0 Å². The number of carbonyl (C=O) groups excluding carboxylic acids is 3. The van der Waals surface area contributed by atoms with Crippen molar-refractivity contribution >= 4 is 50.5 Å². The molecule has 6 nitrogen and oxygen atoms in total. The van der Waals surface area contributed by atoms with Crippen molar-refractivity contribution in [3.63, 3.8) is 0 Å². The number of para-hydroxylation sites is 2. The summed E-state index contributed by atoms with van der Waals surface area (Å²) in [6.07, 6.45) is 0.918. The number of hydrogen-bond donors (Lipinski definition) is 2. The van der Waals surface area contributed by atoms with Crippen LogP contribution in [0, 0.1) is 0 Å². The van der Waals surface area contributed by atoms with E-state index < -0.39 is 0 Å². The standard InChI is InChI=1S/C22H21N3O3S/c26-20(23-12-11-15-14-29-19-8-4-1-5-16(15)19)9-10-22(28)25-13-21(27)24-17-6-2-3-7-18(17)25/h1-8,14H,9-13H2,(H,23,26)(H,24,27). The summed E-state index contributed by atoms with van der Waals surface area (Å²) in [4.78, 5) is 38.0. The summed E-state index contributed by atoms with van der Waals surface area (Å²) in [5.41, 5.74) is 2.50. The van der Waals surface area contributed by atoms with Gasteiger partial charge < -0.3 is 15.5 Å². The third-order valence-corrected chi connectivity index (χ3v) is 5.93. The van der Waals surface area contributed by atoms with Gasteiger partial charge in [0.15, 0.2) is 0 Å². The SMILES string of the molecule is O=C(CCC(=O)N1CC(=O)Nc2ccccc21)NCCc1csc2ccccc12. The Hall–Kier alpha value is -3.19. The van der Waals surface area contributed by atoms with E-state index in [0.29, 0.717) is 17.9 Å². The normalized spacial score (nSPS) is 13.1. The molecule has 0 saturated heterocycles. The fourth-order valence-corrected chi connectivity index (χ4v) is 4.46. The van der Waals surface area contributed by atoms with Gasteiger partial charge in [0.05, 0.1) is 11.4 Å². The van der Waals surface area contributed by atoms with E-state index in [1.807, 2.05) is 18.2 Å². The number of fused-ring (bicyclic) bond motifs is 2. The van der Waals surface area contributed by atoms with Gasteiger partial charge in [0.2, 0.25) is 17.7 Å². The minimum absolute atomic E-state index is 0.0251. The van der Waals surface area contributed by atoms with Gasteiger partial charge in [-0.15, -0.1) is 11.3 Å². The highest BCUT2D eigenvalue weighted by Gasteiger charge is 2.26. The molecule has 2 aromatic carbocycles. The maximum atomic E-state index is 12.6. The zero-order chi connectivity index (χ0) is 20.2. The van der Waals surface area contributed by atoms with Crippen molar-refractivity contribution in [3.05, 3.63) is 59.5 Å². The molecule has 0 aliphatic carbocycles. The lowest BCUT2D eigenvalue weighted by atomic mass is 10.1. The molecule has 0 bridgehead atoms. The highest BCUT2D eigenvalue weighted by Crippen LogP contribution is 2.29. The number of rotatable bonds is 6. The Morgan fingerprint density at radius 3 is 2.76 bits per heavy atom. The van der Waals surface area contributed by atoms with Crippen LogP contribution in [-0.4, -0.2) is 30.8 Å². The van der Waals surface area contributed by atoms with Crippen molar-refractivity contribution in [3.8, 4) is 0 Å². The summed E-state index contributed by atoms with van der Waals surface area (Å²) in [5, 5.41) is 8.99. The van der Waals surface area contributed by atoms with Crippen LogP contribution in [0.1, 0.15) is 18.4 Å². The van der Waals surface area contributed by atoms with Gasteiger partial charge in [-0.25, -0.2) is 0 Å². The van der Waals surface area contributed by atoms with Crippen LogP contribution < -0.4 is 15.5 Å². The number of benzene rings is 2. The van der Waals surface area contributed by atoms with Crippen LogP contribution >= 0.6 is 11.3 Å². The molecule has 0 radical (unpaired) electrons. The van der Waals surface area contributed by atoms with Crippen LogP contribution in [0.3, 0.4) is 0 Å². The minimum atomic E-state index is -0.232. The zero-order valence-electron chi connectivity index (χ0n) is 15.8. The second kappa shape index (κ2) is 8.45. The Bertz CT molecular complexity index is 1080. The second-order valence-corrected chi connectivity index (χ2v) is 7.81. The van der Waals surface area contributed by atoms with Crippen molar-refractivity contribution < 1.29 is 14.4 Å². The van der Waals surface area contributed by atoms with Gasteiger partial charge >= 0.3 is 0 Å². The van der Waals surface area contributed by atoms with Crippen LogP contribution in [0.15, 0.2) is 53.9 Å². The number of hydrogen-bond acceptors (Lipinski definition) is 4. The quantitative estimate of drug-likeness (QED) is 0.658. The van der Waals surface area contributed by atoms with Crippen molar-refractivity contribution in [1.82, 2.24) is 5.32 Å². The lowest BCUT2D eigenvalue weighted by Gasteiger charge is -2.29. The Morgan fingerprint density at radius 1 is 1.07 bits per heavy atom. The van der Waals surface area contributed by atoms with E-state index in [2.05, 4.69) is 28.1 Å². The Balaban J connectivity index is 1.27. The van der Waals surface area contributed by atoms with E-state index in [0.717, 1.165) is 6.42 Å². The average Bonchev–Trinajstić information content (AvgIpc) is 3.14. The highest BCUT2D eigenvalue weighted by molar-refractivity contribution is 7.17. The van der Waals surface area contributed by atoms with Crippen molar-refractivity contribution in [2.75, 3.05) is 23.3 Å². The number of thiophene rings is 1. The van der Waals surface area contributed by atoms with Crippen molar-refractivity contribution in [2.24, 2.45) is 0 Å². The lowest BCUT2D eigenvalue weighted by Crippen LogP contribution is -2.42. The highest BCUT2D eigenvalue weighted by atomic mass is 32.1. The molecule has 1 aromatic heterocycles. The second-order valence-electron chi connectivity index (χ2n) is 6.90. The number of nitrogens with one attached hydrogen (secondary N) is 2. The van der Waals surface area contributed by atoms with E-state index in [9.17, 15) is 14.4 Å². The molecule has 1 aliphatic rings. The van der Waals surface area contributed by atoms with Gasteiger partial charge in [0.25, 0.3) is 0 Å². The van der Waals surface area contributed by atoms with Crippen molar-refractivity contribution in [1.29, 1.82) is 0 Å². The van der Waals surface area contributed by atoms with Crippen LogP contribution in [-0.2, 0) is 20.8 Å². The average molecular weight is 407 g/mol. The Labute approximate surface area is 172 Å². The molecule has 3 aromatic rings. The molecule has 3 amide bonds. The maximum absolute atomic E-state index is 12.6. The van der Waals surface area contributed by atoms with Crippen LogP contribution in [0.5, 0.6) is 0 Å². The summed E-state index contributed by atoms with van der Waals surface area (Å²) in [6.45, 7) is 0.505. The predicted octanol–water partition coefficient (Wildman–Crippen LogP) is 3.33. The van der Waals surface area contributed by atoms with Gasteiger partial charge in [-0.1, -0.05) is 30.3 Å². The van der Waals surface area contributed by atoms with Gasteiger partial charge in [-0.2, -0.15) is 0 Å². The number of carbonyl (C=O) groups is 3. The largest absolute Gasteiger partial charge is 0.356 e. The monoisotopic (exact) mass is 407 g/mol. The molecule has 29 heavy (non-hydrogen) atoms. The molecule has 2 heterocycles. The fourth-order valence-electron chi connectivity index (χ4n) is 3.46. The van der Waals surface area contributed by atoms with Gasteiger partial charge in [0.1, 0.15) is 6.54 Å². The first-order chi connectivity index (χ1) is 14.1. The first-order valence-electron chi connectivity index (χ1n) is 9.53. The van der Waals surface area contributed by atoms with Gasteiger partial charge in [-0.05, 0) is 40.9 Å². The van der Waals surface area contributed by atoms with E-state index >= 15 is 0 Å². The summed E-state index contributed by atoms with van der Waals surface area (Å²) < 4.78 is 1.24. The molecule has 0 saturated carbocycles. The predicted molar refractivity (Wildman–Crippen MR) is 115 cm³/mol. The first-order valence-corrected chi connectivity index (χ1v) is 10.4. The molecule has 1 aliphatic heterocycles.